The fourth-order valence-electron chi connectivity index (χ4n) is 1.41. The van der Waals surface area contributed by atoms with Gasteiger partial charge in [0.15, 0.2) is 5.69 Å². The molecule has 0 atom stereocenters. The van der Waals surface area contributed by atoms with Gasteiger partial charge in [-0.25, -0.2) is 0 Å². The lowest BCUT2D eigenvalue weighted by Crippen LogP contribution is -2.24. The SMILES string of the molecule is CNc1ccc(C(=O)NCc2ccn(C)n2)nn1. The third-order valence-electron chi connectivity index (χ3n) is 2.35. The highest BCUT2D eigenvalue weighted by atomic mass is 16.1. The van der Waals surface area contributed by atoms with Crippen LogP contribution in [0.5, 0.6) is 0 Å². The minimum atomic E-state index is -0.268. The minimum Gasteiger partial charge on any atom is -0.372 e. The van der Waals surface area contributed by atoms with Gasteiger partial charge in [-0.05, 0) is 18.2 Å². The number of carbonyl (C=O) groups is 1. The Morgan fingerprint density at radius 2 is 2.17 bits per heavy atom. The highest BCUT2D eigenvalue weighted by Crippen LogP contribution is 2.01. The Kier molecular flexibility index (Phi) is 3.52. The first-order valence-corrected chi connectivity index (χ1v) is 5.47. The van der Waals surface area contributed by atoms with Gasteiger partial charge in [0.1, 0.15) is 5.82 Å². The molecule has 0 aliphatic carbocycles. The number of amides is 1. The molecule has 0 unspecified atom stereocenters. The molecule has 2 aromatic heterocycles. The van der Waals surface area contributed by atoms with Crippen LogP contribution in [0.15, 0.2) is 24.4 Å². The summed E-state index contributed by atoms with van der Waals surface area (Å²) >= 11 is 0. The number of hydrogen-bond donors (Lipinski definition) is 2. The van der Waals surface area contributed by atoms with Crippen LogP contribution in [0.2, 0.25) is 0 Å². The van der Waals surface area contributed by atoms with Crippen molar-refractivity contribution < 1.29 is 4.79 Å². The summed E-state index contributed by atoms with van der Waals surface area (Å²) in [6.07, 6.45) is 1.82. The van der Waals surface area contributed by atoms with Crippen molar-refractivity contribution >= 4 is 11.7 Å². The van der Waals surface area contributed by atoms with Gasteiger partial charge in [-0.15, -0.1) is 10.2 Å². The zero-order chi connectivity index (χ0) is 13.0. The number of hydrogen-bond acceptors (Lipinski definition) is 5. The smallest absolute Gasteiger partial charge is 0.272 e. The highest BCUT2D eigenvalue weighted by molar-refractivity contribution is 5.92. The van der Waals surface area contributed by atoms with Crippen LogP contribution in [-0.4, -0.2) is 32.9 Å². The van der Waals surface area contributed by atoms with Crippen molar-refractivity contribution in [3.8, 4) is 0 Å². The first-order valence-electron chi connectivity index (χ1n) is 5.47. The molecule has 0 bridgehead atoms. The molecule has 0 fully saturated rings. The molecule has 0 spiro atoms. The summed E-state index contributed by atoms with van der Waals surface area (Å²) in [5.74, 6) is 0.354. The first kappa shape index (κ1) is 12.0. The standard InChI is InChI=1S/C11H14N6O/c1-12-10-4-3-9(14-15-10)11(18)13-7-8-5-6-17(2)16-8/h3-6H,7H2,1-2H3,(H,12,15)(H,13,18). The summed E-state index contributed by atoms with van der Waals surface area (Å²) in [5, 5.41) is 17.4. The largest absolute Gasteiger partial charge is 0.372 e. The zero-order valence-electron chi connectivity index (χ0n) is 10.2. The van der Waals surface area contributed by atoms with Crippen molar-refractivity contribution in [3.63, 3.8) is 0 Å². The molecule has 0 aliphatic rings. The molecular formula is C11H14N6O. The lowest BCUT2D eigenvalue weighted by atomic mass is 10.3. The van der Waals surface area contributed by atoms with E-state index in [0.29, 0.717) is 12.4 Å². The number of nitrogens with zero attached hydrogens (tertiary/aromatic N) is 4. The number of rotatable bonds is 4. The zero-order valence-corrected chi connectivity index (χ0v) is 10.2. The van der Waals surface area contributed by atoms with Gasteiger partial charge < -0.3 is 10.6 Å². The molecule has 0 aromatic carbocycles. The molecule has 2 rings (SSSR count). The molecule has 7 heteroatoms. The maximum Gasteiger partial charge on any atom is 0.272 e. The second-order valence-electron chi connectivity index (χ2n) is 3.72. The molecule has 0 radical (unpaired) electrons. The van der Waals surface area contributed by atoms with Crippen LogP contribution < -0.4 is 10.6 Å². The van der Waals surface area contributed by atoms with Gasteiger partial charge in [-0.2, -0.15) is 5.10 Å². The van der Waals surface area contributed by atoms with Crippen LogP contribution in [0.1, 0.15) is 16.2 Å². The molecule has 18 heavy (non-hydrogen) atoms. The summed E-state index contributed by atoms with van der Waals surface area (Å²) in [7, 11) is 3.57. The molecule has 0 saturated carbocycles. The van der Waals surface area contributed by atoms with E-state index in [1.807, 2.05) is 19.3 Å². The number of aryl methyl sites for hydroxylation is 1. The van der Waals surface area contributed by atoms with E-state index in [2.05, 4.69) is 25.9 Å². The summed E-state index contributed by atoms with van der Waals surface area (Å²) in [6.45, 7) is 0.370. The van der Waals surface area contributed by atoms with Gasteiger partial charge in [0.2, 0.25) is 0 Å². The van der Waals surface area contributed by atoms with Gasteiger partial charge in [0, 0.05) is 20.3 Å². The van der Waals surface area contributed by atoms with Crippen molar-refractivity contribution in [1.82, 2.24) is 25.3 Å². The van der Waals surface area contributed by atoms with Crippen molar-refractivity contribution in [3.05, 3.63) is 35.8 Å². The molecule has 0 aliphatic heterocycles. The summed E-state index contributed by atoms with van der Waals surface area (Å²) in [4.78, 5) is 11.8. The first-order chi connectivity index (χ1) is 8.69. The van der Waals surface area contributed by atoms with Gasteiger partial charge in [0.05, 0.1) is 12.2 Å². The van der Waals surface area contributed by atoms with Crippen LogP contribution in [0.4, 0.5) is 5.82 Å². The Labute approximate surface area is 104 Å². The average Bonchev–Trinajstić information content (AvgIpc) is 2.82. The van der Waals surface area contributed by atoms with Crippen LogP contribution in [0, 0.1) is 0 Å². The molecule has 2 aromatic rings. The number of nitrogens with one attached hydrogen (secondary N) is 2. The molecule has 2 N–H and O–H groups in total. The molecule has 2 heterocycles. The van der Waals surface area contributed by atoms with E-state index in [1.54, 1.807) is 23.9 Å². The maximum absolute atomic E-state index is 11.8. The lowest BCUT2D eigenvalue weighted by molar-refractivity contribution is 0.0944. The Morgan fingerprint density at radius 3 is 2.72 bits per heavy atom. The van der Waals surface area contributed by atoms with E-state index in [4.69, 9.17) is 0 Å². The summed E-state index contributed by atoms with van der Waals surface area (Å²) in [5.41, 5.74) is 1.08. The van der Waals surface area contributed by atoms with Crippen LogP contribution in [0.3, 0.4) is 0 Å². The number of aromatic nitrogens is 4. The monoisotopic (exact) mass is 246 g/mol. The summed E-state index contributed by atoms with van der Waals surface area (Å²) < 4.78 is 1.68. The predicted molar refractivity (Wildman–Crippen MR) is 66.0 cm³/mol. The van der Waals surface area contributed by atoms with Crippen LogP contribution >= 0.6 is 0 Å². The molecule has 0 saturated heterocycles. The maximum atomic E-state index is 11.8. The highest BCUT2D eigenvalue weighted by Gasteiger charge is 2.08. The van der Waals surface area contributed by atoms with E-state index < -0.39 is 0 Å². The van der Waals surface area contributed by atoms with Gasteiger partial charge in [-0.3, -0.25) is 9.48 Å². The Bertz CT molecular complexity index is 533. The van der Waals surface area contributed by atoms with E-state index in [0.717, 1.165) is 5.69 Å². The van der Waals surface area contributed by atoms with Crippen LogP contribution in [0.25, 0.3) is 0 Å². The fourth-order valence-corrected chi connectivity index (χ4v) is 1.41. The lowest BCUT2D eigenvalue weighted by Gasteiger charge is -2.03. The normalized spacial score (nSPS) is 10.1. The fraction of sp³-hybridized carbons (Fsp3) is 0.273. The molecular weight excluding hydrogens is 232 g/mol. The van der Waals surface area contributed by atoms with Crippen LogP contribution in [-0.2, 0) is 13.6 Å². The Balaban J connectivity index is 1.94. The van der Waals surface area contributed by atoms with E-state index in [1.165, 1.54) is 0 Å². The van der Waals surface area contributed by atoms with E-state index >= 15 is 0 Å². The van der Waals surface area contributed by atoms with E-state index in [9.17, 15) is 4.79 Å². The van der Waals surface area contributed by atoms with Crippen molar-refractivity contribution in [1.29, 1.82) is 0 Å². The number of anilines is 1. The predicted octanol–water partition coefficient (Wildman–Crippen LogP) is 0.182. The molecule has 1 amide bonds. The minimum absolute atomic E-state index is 0.268. The molecule has 7 nitrogen and oxygen atoms in total. The quantitative estimate of drug-likeness (QED) is 0.804. The van der Waals surface area contributed by atoms with Crippen molar-refractivity contribution in [2.24, 2.45) is 7.05 Å². The summed E-state index contributed by atoms with van der Waals surface area (Å²) in [6, 6.07) is 5.16. The second-order valence-corrected chi connectivity index (χ2v) is 3.72. The van der Waals surface area contributed by atoms with Crippen molar-refractivity contribution in [2.45, 2.75) is 6.54 Å². The van der Waals surface area contributed by atoms with Gasteiger partial charge >= 0.3 is 0 Å². The van der Waals surface area contributed by atoms with E-state index in [-0.39, 0.29) is 11.6 Å². The average molecular weight is 246 g/mol. The van der Waals surface area contributed by atoms with Gasteiger partial charge in [-0.1, -0.05) is 0 Å². The number of carbonyl (C=O) groups excluding carboxylic acids is 1. The van der Waals surface area contributed by atoms with Gasteiger partial charge in [0.25, 0.3) is 5.91 Å². The van der Waals surface area contributed by atoms with Crippen molar-refractivity contribution in [2.75, 3.05) is 12.4 Å². The Hall–Kier alpha value is -2.44. The third kappa shape index (κ3) is 2.82. The Morgan fingerprint density at radius 1 is 1.33 bits per heavy atom. The third-order valence-corrected chi connectivity index (χ3v) is 2.35. The topological polar surface area (TPSA) is 84.7 Å². The second kappa shape index (κ2) is 5.26. The molecule has 94 valence electrons.